The quantitative estimate of drug-likeness (QED) is 0.451. The van der Waals surface area contributed by atoms with Crippen LogP contribution in [0.25, 0.3) is 16.7 Å². The standard InChI is InChI=1S/C19H18N6O2S/c1-11-3-5-14(7-12(11)2)25-10-20-24-19(25)28-9-17(26)21-13-4-6-15-16(8-13)23-18(27)22-15/h3-8,10H,9H2,1-2H3,(H,21,26)(H2,22,23,27). The lowest BCUT2D eigenvalue weighted by molar-refractivity contribution is -0.113. The molecular weight excluding hydrogens is 376 g/mol. The van der Waals surface area contributed by atoms with Crippen LogP contribution in [-0.4, -0.2) is 36.4 Å². The summed E-state index contributed by atoms with van der Waals surface area (Å²) in [6, 6.07) is 11.3. The van der Waals surface area contributed by atoms with Crippen LogP contribution in [-0.2, 0) is 4.79 Å². The van der Waals surface area contributed by atoms with Crippen molar-refractivity contribution >= 4 is 34.4 Å². The highest BCUT2D eigenvalue weighted by Crippen LogP contribution is 2.22. The maximum absolute atomic E-state index is 12.3. The number of rotatable bonds is 5. The second kappa shape index (κ2) is 7.35. The van der Waals surface area contributed by atoms with Crippen molar-refractivity contribution in [3.8, 4) is 5.69 Å². The number of H-pyrrole nitrogens is 2. The van der Waals surface area contributed by atoms with E-state index >= 15 is 0 Å². The molecule has 0 aliphatic carbocycles. The number of fused-ring (bicyclic) bond motifs is 1. The Balaban J connectivity index is 1.44. The lowest BCUT2D eigenvalue weighted by Crippen LogP contribution is -2.14. The van der Waals surface area contributed by atoms with Crippen LogP contribution in [0.5, 0.6) is 0 Å². The number of nitrogens with zero attached hydrogens (tertiary/aromatic N) is 3. The van der Waals surface area contributed by atoms with Gasteiger partial charge < -0.3 is 15.3 Å². The highest BCUT2D eigenvalue weighted by molar-refractivity contribution is 7.99. The van der Waals surface area contributed by atoms with E-state index in [4.69, 9.17) is 0 Å². The van der Waals surface area contributed by atoms with Crippen LogP contribution in [0.2, 0.25) is 0 Å². The van der Waals surface area contributed by atoms with Crippen molar-refractivity contribution in [2.24, 2.45) is 0 Å². The van der Waals surface area contributed by atoms with Gasteiger partial charge in [0.2, 0.25) is 5.91 Å². The molecule has 142 valence electrons. The van der Waals surface area contributed by atoms with Crippen molar-refractivity contribution in [3.63, 3.8) is 0 Å². The molecular formula is C19H18N6O2S. The molecule has 0 atom stereocenters. The number of nitrogens with one attached hydrogen (secondary N) is 3. The Bertz CT molecular complexity index is 1220. The van der Waals surface area contributed by atoms with Crippen molar-refractivity contribution < 1.29 is 4.79 Å². The molecule has 2 aromatic heterocycles. The molecule has 0 saturated heterocycles. The Morgan fingerprint density at radius 3 is 2.75 bits per heavy atom. The number of hydrogen-bond donors (Lipinski definition) is 3. The number of aromatic nitrogens is 5. The number of carbonyl (C=O) groups excluding carboxylic acids is 1. The Morgan fingerprint density at radius 2 is 1.93 bits per heavy atom. The summed E-state index contributed by atoms with van der Waals surface area (Å²) < 4.78 is 1.86. The molecule has 0 unspecified atom stereocenters. The number of thioether (sulfide) groups is 1. The second-order valence-corrected chi connectivity index (χ2v) is 7.37. The summed E-state index contributed by atoms with van der Waals surface area (Å²) in [7, 11) is 0. The number of hydrogen-bond acceptors (Lipinski definition) is 5. The number of anilines is 1. The first kappa shape index (κ1) is 18.1. The molecule has 0 aliphatic heterocycles. The summed E-state index contributed by atoms with van der Waals surface area (Å²) >= 11 is 1.31. The summed E-state index contributed by atoms with van der Waals surface area (Å²) in [6.45, 7) is 4.11. The van der Waals surface area contributed by atoms with E-state index < -0.39 is 0 Å². The fourth-order valence-electron chi connectivity index (χ4n) is 2.81. The van der Waals surface area contributed by atoms with E-state index in [0.717, 1.165) is 5.69 Å². The van der Waals surface area contributed by atoms with Gasteiger partial charge in [0.15, 0.2) is 5.16 Å². The third kappa shape index (κ3) is 3.70. The van der Waals surface area contributed by atoms with Crippen molar-refractivity contribution in [1.29, 1.82) is 0 Å². The van der Waals surface area contributed by atoms with Gasteiger partial charge in [-0.25, -0.2) is 4.79 Å². The number of benzene rings is 2. The van der Waals surface area contributed by atoms with Gasteiger partial charge in [0, 0.05) is 11.4 Å². The zero-order chi connectivity index (χ0) is 19.7. The molecule has 8 nitrogen and oxygen atoms in total. The van der Waals surface area contributed by atoms with E-state index in [-0.39, 0.29) is 17.3 Å². The lowest BCUT2D eigenvalue weighted by Gasteiger charge is -2.09. The van der Waals surface area contributed by atoms with Crippen molar-refractivity contribution in [3.05, 3.63) is 64.3 Å². The summed E-state index contributed by atoms with van der Waals surface area (Å²) in [4.78, 5) is 29.0. The molecule has 2 aromatic carbocycles. The van der Waals surface area contributed by atoms with Gasteiger partial charge in [-0.1, -0.05) is 17.8 Å². The van der Waals surface area contributed by atoms with Crippen molar-refractivity contribution in [1.82, 2.24) is 24.7 Å². The smallest absolute Gasteiger partial charge is 0.323 e. The highest BCUT2D eigenvalue weighted by atomic mass is 32.2. The molecule has 0 radical (unpaired) electrons. The van der Waals surface area contributed by atoms with Gasteiger partial charge >= 0.3 is 5.69 Å². The number of aryl methyl sites for hydroxylation is 2. The predicted octanol–water partition coefficient (Wildman–Crippen LogP) is 2.78. The minimum absolute atomic E-state index is 0.170. The molecule has 0 saturated carbocycles. The summed E-state index contributed by atoms with van der Waals surface area (Å²) in [5.74, 6) is 0.0162. The first-order valence-corrected chi connectivity index (χ1v) is 9.60. The highest BCUT2D eigenvalue weighted by Gasteiger charge is 2.11. The van der Waals surface area contributed by atoms with Crippen LogP contribution in [0.1, 0.15) is 11.1 Å². The van der Waals surface area contributed by atoms with Gasteiger partial charge in [-0.15, -0.1) is 10.2 Å². The van der Waals surface area contributed by atoms with Gasteiger partial charge in [0.1, 0.15) is 6.33 Å². The Kier molecular flexibility index (Phi) is 4.74. The first-order chi connectivity index (χ1) is 13.5. The molecule has 4 rings (SSSR count). The third-order valence-electron chi connectivity index (χ3n) is 4.42. The largest absolute Gasteiger partial charge is 0.325 e. The zero-order valence-corrected chi connectivity index (χ0v) is 16.1. The molecule has 0 spiro atoms. The van der Waals surface area contributed by atoms with Crippen LogP contribution in [0, 0.1) is 13.8 Å². The molecule has 0 aliphatic rings. The van der Waals surface area contributed by atoms with E-state index in [1.165, 1.54) is 22.9 Å². The number of amides is 1. The SMILES string of the molecule is Cc1ccc(-n2cnnc2SCC(=O)Nc2ccc3[nH]c(=O)[nH]c3c2)cc1C. The van der Waals surface area contributed by atoms with E-state index in [0.29, 0.717) is 21.9 Å². The number of carbonyl (C=O) groups is 1. The Morgan fingerprint density at radius 1 is 1.11 bits per heavy atom. The molecule has 1 amide bonds. The van der Waals surface area contributed by atoms with Crippen LogP contribution in [0.3, 0.4) is 0 Å². The van der Waals surface area contributed by atoms with Gasteiger partial charge in [0.25, 0.3) is 0 Å². The average Bonchev–Trinajstić information content (AvgIpc) is 3.27. The average molecular weight is 394 g/mol. The van der Waals surface area contributed by atoms with Gasteiger partial charge in [-0.05, 0) is 55.3 Å². The van der Waals surface area contributed by atoms with E-state index in [1.54, 1.807) is 24.5 Å². The summed E-state index contributed by atoms with van der Waals surface area (Å²) in [5, 5.41) is 11.6. The van der Waals surface area contributed by atoms with E-state index in [2.05, 4.69) is 45.4 Å². The number of aromatic amines is 2. The molecule has 4 aromatic rings. The monoisotopic (exact) mass is 394 g/mol. The van der Waals surface area contributed by atoms with Gasteiger partial charge in [-0.2, -0.15) is 0 Å². The third-order valence-corrected chi connectivity index (χ3v) is 5.36. The molecule has 0 bridgehead atoms. The molecule has 28 heavy (non-hydrogen) atoms. The topological polar surface area (TPSA) is 108 Å². The summed E-state index contributed by atoms with van der Waals surface area (Å²) in [5.41, 5.74) is 5.02. The predicted molar refractivity (Wildman–Crippen MR) is 109 cm³/mol. The molecule has 9 heteroatoms. The lowest BCUT2D eigenvalue weighted by atomic mass is 10.1. The Hall–Kier alpha value is -3.33. The van der Waals surface area contributed by atoms with Crippen molar-refractivity contribution in [2.75, 3.05) is 11.1 Å². The van der Waals surface area contributed by atoms with Gasteiger partial charge in [-0.3, -0.25) is 9.36 Å². The fourth-order valence-corrected chi connectivity index (χ4v) is 3.54. The summed E-state index contributed by atoms with van der Waals surface area (Å²) in [6.07, 6.45) is 1.64. The van der Waals surface area contributed by atoms with E-state index in [9.17, 15) is 9.59 Å². The normalized spacial score (nSPS) is 11.1. The fraction of sp³-hybridized carbons (Fsp3) is 0.158. The van der Waals surface area contributed by atoms with Crippen LogP contribution < -0.4 is 11.0 Å². The Labute approximate surface area is 164 Å². The van der Waals surface area contributed by atoms with E-state index in [1.807, 2.05) is 16.7 Å². The first-order valence-electron chi connectivity index (χ1n) is 8.62. The molecule has 0 fully saturated rings. The minimum Gasteiger partial charge on any atom is -0.325 e. The maximum Gasteiger partial charge on any atom is 0.323 e. The maximum atomic E-state index is 12.3. The second-order valence-electron chi connectivity index (χ2n) is 6.43. The van der Waals surface area contributed by atoms with Crippen LogP contribution in [0.4, 0.5) is 5.69 Å². The zero-order valence-electron chi connectivity index (χ0n) is 15.3. The van der Waals surface area contributed by atoms with Crippen LogP contribution >= 0.6 is 11.8 Å². The van der Waals surface area contributed by atoms with Gasteiger partial charge in [0.05, 0.1) is 16.8 Å². The minimum atomic E-state index is -0.278. The van der Waals surface area contributed by atoms with Crippen molar-refractivity contribution in [2.45, 2.75) is 19.0 Å². The van der Waals surface area contributed by atoms with Crippen LogP contribution in [0.15, 0.2) is 52.7 Å². The number of imidazole rings is 1. The molecule has 3 N–H and O–H groups in total. The molecule has 2 heterocycles.